The van der Waals surface area contributed by atoms with E-state index < -0.39 is 0 Å². The van der Waals surface area contributed by atoms with E-state index in [1.54, 1.807) is 0 Å². The minimum Gasteiger partial charge on any atom is -0.494 e. The number of benzene rings is 2. The molecule has 2 aromatic carbocycles. The zero-order valence-corrected chi connectivity index (χ0v) is 17.3. The molecule has 1 atom stereocenters. The lowest BCUT2D eigenvalue weighted by molar-refractivity contribution is 0.262. The van der Waals surface area contributed by atoms with Crippen LogP contribution in [0.2, 0.25) is 0 Å². The highest BCUT2D eigenvalue weighted by Gasteiger charge is 2.21. The van der Waals surface area contributed by atoms with Crippen LogP contribution in [0.15, 0.2) is 53.5 Å². The fourth-order valence-electron chi connectivity index (χ4n) is 2.80. The molecule has 0 fully saturated rings. The summed E-state index contributed by atoms with van der Waals surface area (Å²) < 4.78 is 11.4. The molecule has 3 rings (SSSR count). The first kappa shape index (κ1) is 20.4. The number of aryl methyl sites for hydroxylation is 1. The van der Waals surface area contributed by atoms with E-state index in [4.69, 9.17) is 15.2 Å². The van der Waals surface area contributed by atoms with Gasteiger partial charge in [0.25, 0.3) is 0 Å². The van der Waals surface area contributed by atoms with E-state index in [-0.39, 0.29) is 30.0 Å². The maximum atomic E-state index is 6.03. The number of nitrogens with two attached hydrogens (primary N) is 1. The van der Waals surface area contributed by atoms with Crippen molar-refractivity contribution in [3.8, 4) is 11.5 Å². The van der Waals surface area contributed by atoms with Crippen LogP contribution in [0.25, 0.3) is 0 Å². The molecular weight excluding hydrogens is 441 g/mol. The van der Waals surface area contributed by atoms with Crippen LogP contribution in [-0.2, 0) is 0 Å². The van der Waals surface area contributed by atoms with Crippen LogP contribution in [-0.4, -0.2) is 25.7 Å². The number of nitrogens with zero attached hydrogens (tertiary/aromatic N) is 1. The molecule has 140 valence electrons. The molecule has 6 heteroatoms. The van der Waals surface area contributed by atoms with Crippen LogP contribution in [0.1, 0.15) is 30.0 Å². The van der Waals surface area contributed by atoms with Crippen molar-refractivity contribution in [1.29, 1.82) is 0 Å². The Balaban J connectivity index is 0.00000243. The smallest absolute Gasteiger partial charge is 0.189 e. The third-order valence-corrected chi connectivity index (χ3v) is 4.15. The number of aliphatic imine (C=N–C) groups is 1. The van der Waals surface area contributed by atoms with Gasteiger partial charge in [0, 0.05) is 24.9 Å². The molecule has 1 aliphatic heterocycles. The molecule has 1 heterocycles. The second kappa shape index (κ2) is 10.3. The highest BCUT2D eigenvalue weighted by Crippen LogP contribution is 2.31. The molecule has 0 radical (unpaired) electrons. The topological polar surface area (TPSA) is 68.9 Å². The van der Waals surface area contributed by atoms with E-state index in [2.05, 4.69) is 23.3 Å². The zero-order valence-electron chi connectivity index (χ0n) is 15.0. The maximum absolute atomic E-state index is 6.03. The highest BCUT2D eigenvalue weighted by atomic mass is 127. The molecule has 0 spiro atoms. The Morgan fingerprint density at radius 2 is 2.00 bits per heavy atom. The Kier molecular flexibility index (Phi) is 8.03. The Morgan fingerprint density at radius 1 is 1.23 bits per heavy atom. The summed E-state index contributed by atoms with van der Waals surface area (Å²) in [6, 6.07) is 16.2. The van der Waals surface area contributed by atoms with E-state index in [9.17, 15) is 0 Å². The molecule has 0 saturated carbocycles. The Labute approximate surface area is 172 Å². The van der Waals surface area contributed by atoms with Crippen molar-refractivity contribution < 1.29 is 9.47 Å². The Bertz CT molecular complexity index is 719. The van der Waals surface area contributed by atoms with Gasteiger partial charge in [-0.3, -0.25) is 4.99 Å². The van der Waals surface area contributed by atoms with E-state index in [1.807, 2.05) is 42.5 Å². The molecule has 1 aliphatic rings. The van der Waals surface area contributed by atoms with Crippen molar-refractivity contribution in [2.24, 2.45) is 10.7 Å². The molecule has 0 aromatic heterocycles. The first-order valence-corrected chi connectivity index (χ1v) is 8.70. The number of hydrogen-bond donors (Lipinski definition) is 2. The summed E-state index contributed by atoms with van der Waals surface area (Å²) in [5.74, 6) is 2.28. The maximum Gasteiger partial charge on any atom is 0.189 e. The third-order valence-electron chi connectivity index (χ3n) is 4.15. The zero-order chi connectivity index (χ0) is 17.5. The van der Waals surface area contributed by atoms with Crippen molar-refractivity contribution in [2.45, 2.75) is 25.8 Å². The monoisotopic (exact) mass is 467 g/mol. The van der Waals surface area contributed by atoms with Crippen LogP contribution >= 0.6 is 24.0 Å². The molecular formula is C20H26IN3O2. The Hall–Kier alpha value is -1.96. The average molecular weight is 467 g/mol. The van der Waals surface area contributed by atoms with Crippen LogP contribution in [0.5, 0.6) is 11.5 Å². The van der Waals surface area contributed by atoms with E-state index in [0.717, 1.165) is 29.9 Å². The molecule has 0 saturated heterocycles. The average Bonchev–Trinajstić information content (AvgIpc) is 2.63. The first-order valence-electron chi connectivity index (χ1n) is 8.70. The lowest BCUT2D eigenvalue weighted by atomic mass is 10.0. The summed E-state index contributed by atoms with van der Waals surface area (Å²) in [4.78, 5) is 4.40. The summed E-state index contributed by atoms with van der Waals surface area (Å²) in [7, 11) is 0. The van der Waals surface area contributed by atoms with Crippen LogP contribution in [0.4, 0.5) is 0 Å². The van der Waals surface area contributed by atoms with Gasteiger partial charge in [-0.25, -0.2) is 0 Å². The number of nitrogens with one attached hydrogen (secondary N) is 1. The van der Waals surface area contributed by atoms with E-state index in [0.29, 0.717) is 25.7 Å². The lowest BCUT2D eigenvalue weighted by Crippen LogP contribution is -2.37. The van der Waals surface area contributed by atoms with Gasteiger partial charge in [0.15, 0.2) is 5.96 Å². The van der Waals surface area contributed by atoms with Crippen LogP contribution in [0.3, 0.4) is 0 Å². The number of rotatable bonds is 6. The number of guanidine groups is 1. The summed E-state index contributed by atoms with van der Waals surface area (Å²) in [6.07, 6.45) is 1.70. The van der Waals surface area contributed by atoms with Gasteiger partial charge in [0.1, 0.15) is 11.5 Å². The number of ether oxygens (including phenoxy) is 2. The standard InChI is InChI=1S/C20H25N3O2.HI/c1-15-7-9-16(10-8-15)24-13-4-12-22-20(21)23-18-11-14-25-19-6-3-2-5-17(18)19;/h2-3,5-10,18H,4,11-14H2,1H3,(H3,21,22,23);1H. The summed E-state index contributed by atoms with van der Waals surface area (Å²) in [5.41, 5.74) is 8.39. The molecule has 0 bridgehead atoms. The fourth-order valence-corrected chi connectivity index (χ4v) is 2.80. The number of halogens is 1. The molecule has 5 nitrogen and oxygen atoms in total. The number of fused-ring (bicyclic) bond motifs is 1. The van der Waals surface area contributed by atoms with Gasteiger partial charge < -0.3 is 20.5 Å². The minimum atomic E-state index is 0. The third kappa shape index (κ3) is 5.79. The first-order chi connectivity index (χ1) is 12.2. The predicted molar refractivity (Wildman–Crippen MR) is 116 cm³/mol. The van der Waals surface area contributed by atoms with Gasteiger partial charge in [-0.2, -0.15) is 0 Å². The van der Waals surface area contributed by atoms with Gasteiger partial charge in [-0.15, -0.1) is 24.0 Å². The van der Waals surface area contributed by atoms with Crippen molar-refractivity contribution >= 4 is 29.9 Å². The summed E-state index contributed by atoms with van der Waals surface area (Å²) in [6.45, 7) is 4.01. The molecule has 26 heavy (non-hydrogen) atoms. The van der Waals surface area contributed by atoms with Gasteiger partial charge in [-0.1, -0.05) is 35.9 Å². The minimum absolute atomic E-state index is 0. The van der Waals surface area contributed by atoms with Crippen molar-refractivity contribution in [3.05, 3.63) is 59.7 Å². The van der Waals surface area contributed by atoms with E-state index in [1.165, 1.54) is 5.56 Å². The van der Waals surface area contributed by atoms with Gasteiger partial charge in [0.2, 0.25) is 0 Å². The highest BCUT2D eigenvalue weighted by molar-refractivity contribution is 14.0. The predicted octanol–water partition coefficient (Wildman–Crippen LogP) is 3.81. The molecule has 2 aromatic rings. The second-order valence-corrected chi connectivity index (χ2v) is 6.15. The molecule has 1 unspecified atom stereocenters. The fraction of sp³-hybridized carbons (Fsp3) is 0.350. The quantitative estimate of drug-likeness (QED) is 0.294. The molecule has 0 amide bonds. The van der Waals surface area contributed by atoms with Crippen LogP contribution < -0.4 is 20.5 Å². The number of para-hydroxylation sites is 1. The normalized spacial score (nSPS) is 16.0. The lowest BCUT2D eigenvalue weighted by Gasteiger charge is -2.26. The van der Waals surface area contributed by atoms with Gasteiger partial charge in [0.05, 0.1) is 19.3 Å². The van der Waals surface area contributed by atoms with E-state index >= 15 is 0 Å². The molecule has 0 aliphatic carbocycles. The summed E-state index contributed by atoms with van der Waals surface area (Å²) in [5, 5.41) is 3.30. The Morgan fingerprint density at radius 3 is 2.81 bits per heavy atom. The molecule has 3 N–H and O–H groups in total. The number of hydrogen-bond acceptors (Lipinski definition) is 3. The van der Waals surface area contributed by atoms with Gasteiger partial charge in [-0.05, 0) is 25.1 Å². The SMILES string of the molecule is Cc1ccc(OCCCN=C(N)NC2CCOc3ccccc32)cc1.I. The largest absolute Gasteiger partial charge is 0.494 e. The van der Waals surface area contributed by atoms with Crippen molar-refractivity contribution in [1.82, 2.24) is 5.32 Å². The van der Waals surface area contributed by atoms with Crippen LogP contribution in [0, 0.1) is 6.92 Å². The van der Waals surface area contributed by atoms with Crippen molar-refractivity contribution in [2.75, 3.05) is 19.8 Å². The van der Waals surface area contributed by atoms with Crippen molar-refractivity contribution in [3.63, 3.8) is 0 Å². The summed E-state index contributed by atoms with van der Waals surface area (Å²) >= 11 is 0. The second-order valence-electron chi connectivity index (χ2n) is 6.15. The van der Waals surface area contributed by atoms with Gasteiger partial charge >= 0.3 is 0 Å².